The molecule has 0 radical (unpaired) electrons. The second kappa shape index (κ2) is 12.4. The van der Waals surface area contributed by atoms with E-state index in [0.717, 1.165) is 17.2 Å². The minimum absolute atomic E-state index is 0.0724. The van der Waals surface area contributed by atoms with Gasteiger partial charge in [0.15, 0.2) is 0 Å². The smallest absolute Gasteiger partial charge is 0.416 e. The molecule has 1 atom stereocenters. The van der Waals surface area contributed by atoms with E-state index in [4.69, 9.17) is 9.47 Å². The highest BCUT2D eigenvalue weighted by atomic mass is 19.4. The van der Waals surface area contributed by atoms with E-state index in [1.54, 1.807) is 23.1 Å². The topological polar surface area (TPSA) is 62.2 Å². The van der Waals surface area contributed by atoms with E-state index in [1.165, 1.54) is 18.2 Å². The van der Waals surface area contributed by atoms with Crippen molar-refractivity contribution in [2.24, 2.45) is 0 Å². The Hall–Kier alpha value is -3.14. The second-order valence-electron chi connectivity index (χ2n) is 9.09. The molecule has 2 aliphatic rings. The van der Waals surface area contributed by atoms with Crippen LogP contribution in [0.2, 0.25) is 0 Å². The minimum atomic E-state index is -4.37. The van der Waals surface area contributed by atoms with E-state index in [1.807, 2.05) is 29.2 Å². The van der Waals surface area contributed by atoms with Crippen LogP contribution in [0.1, 0.15) is 23.1 Å². The number of benzene rings is 2. The number of morpholine rings is 1. The highest BCUT2D eigenvalue weighted by molar-refractivity contribution is 5.92. The molecular formula is C28H31F3N2O4. The lowest BCUT2D eigenvalue weighted by Crippen LogP contribution is -2.39. The SMILES string of the molecule is O=C(C=Cc1ccccc1OCC(O)CN1CC=C(c2cccc(C(F)(F)F)c2)CC1)N1CCOCC1. The predicted molar refractivity (Wildman–Crippen MR) is 135 cm³/mol. The first kappa shape index (κ1) is 26.9. The normalized spacial score (nSPS) is 18.1. The quantitative estimate of drug-likeness (QED) is 0.536. The van der Waals surface area contributed by atoms with Crippen LogP contribution in [-0.4, -0.2) is 79.5 Å². The van der Waals surface area contributed by atoms with Crippen LogP contribution in [0.3, 0.4) is 0 Å². The fourth-order valence-electron chi connectivity index (χ4n) is 4.37. The Kier molecular flexibility index (Phi) is 9.02. The minimum Gasteiger partial charge on any atom is -0.490 e. The van der Waals surface area contributed by atoms with Crippen molar-refractivity contribution in [3.8, 4) is 5.75 Å². The number of β-amino-alcohol motifs (C(OH)–C–C–N with tert-alkyl or cyclic N) is 1. The molecule has 198 valence electrons. The first-order valence-electron chi connectivity index (χ1n) is 12.3. The molecule has 0 saturated carbocycles. The maximum Gasteiger partial charge on any atom is 0.416 e. The molecule has 0 spiro atoms. The molecule has 6 nitrogen and oxygen atoms in total. The third-order valence-corrected chi connectivity index (χ3v) is 6.40. The van der Waals surface area contributed by atoms with Crippen LogP contribution in [0.25, 0.3) is 11.6 Å². The Labute approximate surface area is 214 Å². The number of aliphatic hydroxyl groups excluding tert-OH is 1. The van der Waals surface area contributed by atoms with Gasteiger partial charge in [0, 0.05) is 44.4 Å². The Morgan fingerprint density at radius 3 is 2.62 bits per heavy atom. The zero-order chi connectivity index (χ0) is 26.3. The number of para-hydroxylation sites is 1. The van der Waals surface area contributed by atoms with Crippen molar-refractivity contribution in [3.05, 3.63) is 77.4 Å². The average molecular weight is 517 g/mol. The zero-order valence-electron chi connectivity index (χ0n) is 20.5. The van der Waals surface area contributed by atoms with E-state index in [2.05, 4.69) is 0 Å². The van der Waals surface area contributed by atoms with Crippen molar-refractivity contribution in [2.75, 3.05) is 52.5 Å². The maximum absolute atomic E-state index is 13.0. The molecule has 0 aromatic heterocycles. The van der Waals surface area contributed by atoms with Gasteiger partial charge in [0.25, 0.3) is 0 Å². The van der Waals surface area contributed by atoms with Gasteiger partial charge in [-0.1, -0.05) is 36.4 Å². The first-order chi connectivity index (χ1) is 17.8. The molecule has 2 aromatic rings. The van der Waals surface area contributed by atoms with Crippen LogP contribution >= 0.6 is 0 Å². The largest absolute Gasteiger partial charge is 0.490 e. The highest BCUT2D eigenvalue weighted by Gasteiger charge is 2.30. The number of hydrogen-bond acceptors (Lipinski definition) is 5. The second-order valence-corrected chi connectivity index (χ2v) is 9.09. The fourth-order valence-corrected chi connectivity index (χ4v) is 4.37. The van der Waals surface area contributed by atoms with E-state index in [0.29, 0.717) is 63.7 Å². The molecule has 0 bridgehead atoms. The Bertz CT molecular complexity index is 1130. The number of hydrogen-bond donors (Lipinski definition) is 1. The van der Waals surface area contributed by atoms with Crippen molar-refractivity contribution in [1.29, 1.82) is 0 Å². The summed E-state index contributed by atoms with van der Waals surface area (Å²) in [6.07, 6.45) is 0.623. The number of halogens is 3. The van der Waals surface area contributed by atoms with Crippen LogP contribution in [-0.2, 0) is 15.7 Å². The first-order valence-corrected chi connectivity index (χ1v) is 12.3. The Morgan fingerprint density at radius 1 is 1.11 bits per heavy atom. The number of nitrogens with zero attached hydrogens (tertiary/aromatic N) is 2. The Balaban J connectivity index is 1.28. The molecular weight excluding hydrogens is 485 g/mol. The van der Waals surface area contributed by atoms with Crippen molar-refractivity contribution in [3.63, 3.8) is 0 Å². The lowest BCUT2D eigenvalue weighted by molar-refractivity contribution is -0.137. The monoisotopic (exact) mass is 516 g/mol. The van der Waals surface area contributed by atoms with Gasteiger partial charge in [-0.25, -0.2) is 0 Å². The molecule has 1 amide bonds. The summed E-state index contributed by atoms with van der Waals surface area (Å²) < 4.78 is 50.2. The summed E-state index contributed by atoms with van der Waals surface area (Å²) in [4.78, 5) is 16.2. The third kappa shape index (κ3) is 7.67. The van der Waals surface area contributed by atoms with Crippen LogP contribution < -0.4 is 4.74 Å². The Morgan fingerprint density at radius 2 is 1.89 bits per heavy atom. The molecule has 4 rings (SSSR count). The van der Waals surface area contributed by atoms with Gasteiger partial charge in [-0.15, -0.1) is 0 Å². The predicted octanol–water partition coefficient (Wildman–Crippen LogP) is 4.11. The van der Waals surface area contributed by atoms with E-state index in [9.17, 15) is 23.1 Å². The number of rotatable bonds is 8. The van der Waals surface area contributed by atoms with Gasteiger partial charge in [-0.2, -0.15) is 13.2 Å². The number of amides is 1. The maximum atomic E-state index is 13.0. The van der Waals surface area contributed by atoms with Crippen LogP contribution in [0.15, 0.2) is 60.7 Å². The molecule has 2 aromatic carbocycles. The molecule has 1 fully saturated rings. The van der Waals surface area contributed by atoms with Gasteiger partial charge >= 0.3 is 6.18 Å². The summed E-state index contributed by atoms with van der Waals surface area (Å²) in [6, 6.07) is 12.7. The van der Waals surface area contributed by atoms with Crippen molar-refractivity contribution >= 4 is 17.6 Å². The molecule has 1 saturated heterocycles. The highest BCUT2D eigenvalue weighted by Crippen LogP contribution is 2.32. The number of ether oxygens (including phenoxy) is 2. The van der Waals surface area contributed by atoms with Gasteiger partial charge in [0.1, 0.15) is 18.5 Å². The van der Waals surface area contributed by atoms with Crippen LogP contribution in [0.5, 0.6) is 5.75 Å². The van der Waals surface area contributed by atoms with Crippen LogP contribution in [0.4, 0.5) is 13.2 Å². The van der Waals surface area contributed by atoms with Gasteiger partial charge < -0.3 is 19.5 Å². The van der Waals surface area contributed by atoms with Gasteiger partial charge in [0.05, 0.1) is 18.8 Å². The lowest BCUT2D eigenvalue weighted by Gasteiger charge is -2.28. The van der Waals surface area contributed by atoms with E-state index in [-0.39, 0.29) is 12.5 Å². The number of carbonyl (C=O) groups excluding carboxylic acids is 1. The summed E-state index contributed by atoms with van der Waals surface area (Å²) in [5, 5.41) is 10.5. The summed E-state index contributed by atoms with van der Waals surface area (Å²) in [6.45, 7) is 3.82. The molecule has 1 unspecified atom stereocenters. The van der Waals surface area contributed by atoms with Crippen molar-refractivity contribution in [1.82, 2.24) is 9.80 Å². The summed E-state index contributed by atoms with van der Waals surface area (Å²) in [7, 11) is 0. The van der Waals surface area contributed by atoms with Crippen molar-refractivity contribution < 1.29 is 32.5 Å². The van der Waals surface area contributed by atoms with Gasteiger partial charge in [-0.3, -0.25) is 9.69 Å². The standard InChI is InChI=1S/C28H31F3N2O4/c29-28(30,31)24-6-3-5-23(18-24)21-10-12-32(13-11-21)19-25(34)20-37-26-7-2-1-4-22(26)8-9-27(35)33-14-16-36-17-15-33/h1-10,18,25,34H,11-17,19-20H2. The zero-order valence-corrected chi connectivity index (χ0v) is 20.5. The molecule has 37 heavy (non-hydrogen) atoms. The summed E-state index contributed by atoms with van der Waals surface area (Å²) in [5.41, 5.74) is 1.54. The molecule has 9 heteroatoms. The van der Waals surface area contributed by atoms with E-state index < -0.39 is 17.8 Å². The molecule has 1 N–H and O–H groups in total. The number of aliphatic hydroxyl groups is 1. The fraction of sp³-hybridized carbons (Fsp3) is 0.393. The molecule has 2 aliphatic heterocycles. The number of carbonyl (C=O) groups is 1. The molecule has 0 aliphatic carbocycles. The van der Waals surface area contributed by atoms with Gasteiger partial charge in [-0.05, 0) is 41.8 Å². The van der Waals surface area contributed by atoms with Crippen molar-refractivity contribution in [2.45, 2.75) is 18.7 Å². The summed E-state index contributed by atoms with van der Waals surface area (Å²) >= 11 is 0. The third-order valence-electron chi connectivity index (χ3n) is 6.40. The summed E-state index contributed by atoms with van der Waals surface area (Å²) in [5.74, 6) is 0.485. The molecule has 2 heterocycles. The number of alkyl halides is 3. The lowest BCUT2D eigenvalue weighted by atomic mass is 9.97. The van der Waals surface area contributed by atoms with E-state index >= 15 is 0 Å². The van der Waals surface area contributed by atoms with Crippen LogP contribution in [0, 0.1) is 0 Å². The average Bonchev–Trinajstić information content (AvgIpc) is 2.91. The van der Waals surface area contributed by atoms with Gasteiger partial charge in [0.2, 0.25) is 5.91 Å².